The monoisotopic (exact) mass is 227 g/mol. The van der Waals surface area contributed by atoms with Crippen LogP contribution in [-0.2, 0) is 5.41 Å². The van der Waals surface area contributed by atoms with Gasteiger partial charge in [0.05, 0.1) is 6.20 Å². The third-order valence-electron chi connectivity index (χ3n) is 3.77. The Morgan fingerprint density at radius 2 is 2.00 bits per heavy atom. The van der Waals surface area contributed by atoms with Gasteiger partial charge in [-0.05, 0) is 24.1 Å². The minimum atomic E-state index is 0.178. The van der Waals surface area contributed by atoms with Crippen LogP contribution in [0.4, 0.5) is 5.69 Å². The van der Waals surface area contributed by atoms with E-state index in [0.717, 1.165) is 12.1 Å². The summed E-state index contributed by atoms with van der Waals surface area (Å²) in [6.07, 6.45) is 3.09. The minimum Gasteiger partial charge on any atom is -0.399 e. The van der Waals surface area contributed by atoms with Gasteiger partial charge in [0.2, 0.25) is 0 Å². The zero-order valence-electron chi connectivity index (χ0n) is 10.2. The molecule has 1 aromatic heterocycles. The summed E-state index contributed by atoms with van der Waals surface area (Å²) in [5.41, 5.74) is 10.7. The van der Waals surface area contributed by atoms with Crippen LogP contribution in [0, 0.1) is 0 Å². The molecule has 0 aliphatic heterocycles. The number of rotatable bonds is 1. The van der Waals surface area contributed by atoms with Crippen LogP contribution in [0.2, 0.25) is 0 Å². The molecule has 0 radical (unpaired) electrons. The first-order chi connectivity index (χ1) is 8.08. The summed E-state index contributed by atoms with van der Waals surface area (Å²) in [7, 11) is 0. The van der Waals surface area contributed by atoms with Gasteiger partial charge in [0.15, 0.2) is 0 Å². The van der Waals surface area contributed by atoms with Crippen molar-refractivity contribution in [3.63, 3.8) is 0 Å². The number of hydrogen-bond donors (Lipinski definition) is 2. The summed E-state index contributed by atoms with van der Waals surface area (Å²) in [5, 5.41) is 7.33. The average Bonchev–Trinajstić information content (AvgIpc) is 2.84. The molecule has 3 rings (SSSR count). The van der Waals surface area contributed by atoms with Gasteiger partial charge in [-0.15, -0.1) is 0 Å². The highest BCUT2D eigenvalue weighted by Crippen LogP contribution is 2.47. The first kappa shape index (κ1) is 10.4. The molecule has 17 heavy (non-hydrogen) atoms. The lowest BCUT2D eigenvalue weighted by atomic mass is 9.86. The largest absolute Gasteiger partial charge is 0.399 e. The summed E-state index contributed by atoms with van der Waals surface area (Å²) in [6.45, 7) is 4.53. The summed E-state index contributed by atoms with van der Waals surface area (Å²) >= 11 is 0. The van der Waals surface area contributed by atoms with E-state index < -0.39 is 0 Å². The number of nitrogens with two attached hydrogens (primary N) is 1. The Balaban J connectivity index is 2.05. The molecule has 2 aromatic rings. The van der Waals surface area contributed by atoms with Crippen molar-refractivity contribution in [2.45, 2.75) is 31.6 Å². The fourth-order valence-corrected chi connectivity index (χ4v) is 2.85. The molecule has 1 aliphatic carbocycles. The molecule has 0 fully saturated rings. The predicted octanol–water partition coefficient (Wildman–Crippen LogP) is 2.81. The smallest absolute Gasteiger partial charge is 0.0528 e. The molecular formula is C14H17N3. The summed E-state index contributed by atoms with van der Waals surface area (Å²) in [4.78, 5) is 0. The second kappa shape index (κ2) is 3.36. The lowest BCUT2D eigenvalue weighted by molar-refractivity contribution is 0.483. The van der Waals surface area contributed by atoms with Crippen LogP contribution >= 0.6 is 0 Å². The van der Waals surface area contributed by atoms with Crippen molar-refractivity contribution >= 4 is 5.69 Å². The number of fused-ring (bicyclic) bond motifs is 1. The number of anilines is 1. The van der Waals surface area contributed by atoms with Crippen molar-refractivity contribution in [1.82, 2.24) is 10.2 Å². The van der Waals surface area contributed by atoms with Crippen molar-refractivity contribution in [3.05, 3.63) is 47.3 Å². The van der Waals surface area contributed by atoms with E-state index in [1.807, 2.05) is 18.3 Å². The molecule has 1 unspecified atom stereocenters. The maximum atomic E-state index is 5.73. The highest BCUT2D eigenvalue weighted by atomic mass is 15.1. The predicted molar refractivity (Wildman–Crippen MR) is 68.9 cm³/mol. The number of aromatic nitrogens is 2. The van der Waals surface area contributed by atoms with Gasteiger partial charge >= 0.3 is 0 Å². The quantitative estimate of drug-likeness (QED) is 0.736. The van der Waals surface area contributed by atoms with Gasteiger partial charge in [-0.1, -0.05) is 26.0 Å². The Labute approximate surface area is 101 Å². The van der Waals surface area contributed by atoms with E-state index in [0.29, 0.717) is 5.92 Å². The van der Waals surface area contributed by atoms with E-state index in [-0.39, 0.29) is 5.41 Å². The van der Waals surface area contributed by atoms with Crippen LogP contribution in [0.3, 0.4) is 0 Å². The second-order valence-corrected chi connectivity index (χ2v) is 5.51. The van der Waals surface area contributed by atoms with Crippen molar-refractivity contribution in [2.75, 3.05) is 5.73 Å². The summed E-state index contributed by atoms with van der Waals surface area (Å²) < 4.78 is 0. The number of benzene rings is 1. The van der Waals surface area contributed by atoms with Crippen LogP contribution in [0.25, 0.3) is 0 Å². The van der Waals surface area contributed by atoms with E-state index in [1.165, 1.54) is 16.8 Å². The van der Waals surface area contributed by atoms with Crippen molar-refractivity contribution in [2.24, 2.45) is 0 Å². The fourth-order valence-electron chi connectivity index (χ4n) is 2.85. The highest BCUT2D eigenvalue weighted by molar-refractivity contribution is 5.46. The Hall–Kier alpha value is -1.77. The lowest BCUT2D eigenvalue weighted by Gasteiger charge is -2.18. The number of hydrogen-bond acceptors (Lipinski definition) is 2. The van der Waals surface area contributed by atoms with Crippen LogP contribution < -0.4 is 5.73 Å². The van der Waals surface area contributed by atoms with E-state index in [4.69, 9.17) is 5.73 Å². The van der Waals surface area contributed by atoms with E-state index in [9.17, 15) is 0 Å². The fraction of sp³-hybridized carbons (Fsp3) is 0.357. The number of nitrogens with zero attached hydrogens (tertiary/aromatic N) is 1. The van der Waals surface area contributed by atoms with Gasteiger partial charge < -0.3 is 5.73 Å². The zero-order chi connectivity index (χ0) is 12.0. The van der Waals surface area contributed by atoms with Crippen LogP contribution in [0.1, 0.15) is 43.0 Å². The molecule has 0 saturated carbocycles. The van der Waals surface area contributed by atoms with Gasteiger partial charge in [0, 0.05) is 28.3 Å². The Kier molecular flexibility index (Phi) is 2.05. The normalized spacial score (nSPS) is 21.4. The summed E-state index contributed by atoms with van der Waals surface area (Å²) in [6, 6.07) is 8.19. The SMILES string of the molecule is CC1(C)CC(c2ccc(N)cc2)c2cn[nH]c21. The van der Waals surface area contributed by atoms with Crippen LogP contribution in [0.5, 0.6) is 0 Å². The first-order valence-corrected chi connectivity index (χ1v) is 5.97. The van der Waals surface area contributed by atoms with Gasteiger partial charge in [-0.3, -0.25) is 5.10 Å². The number of nitrogens with one attached hydrogen (secondary N) is 1. The molecule has 1 heterocycles. The average molecular weight is 227 g/mol. The van der Waals surface area contributed by atoms with Crippen LogP contribution in [-0.4, -0.2) is 10.2 Å². The van der Waals surface area contributed by atoms with Gasteiger partial charge in [-0.2, -0.15) is 5.10 Å². The molecule has 0 amide bonds. The molecule has 3 N–H and O–H groups in total. The molecule has 3 heteroatoms. The minimum absolute atomic E-state index is 0.178. The zero-order valence-corrected chi connectivity index (χ0v) is 10.2. The Morgan fingerprint density at radius 3 is 2.71 bits per heavy atom. The van der Waals surface area contributed by atoms with Crippen molar-refractivity contribution in [3.8, 4) is 0 Å². The molecule has 3 nitrogen and oxygen atoms in total. The highest BCUT2D eigenvalue weighted by Gasteiger charge is 2.39. The van der Waals surface area contributed by atoms with Gasteiger partial charge in [0.25, 0.3) is 0 Å². The second-order valence-electron chi connectivity index (χ2n) is 5.51. The topological polar surface area (TPSA) is 54.7 Å². The molecule has 1 atom stereocenters. The molecular weight excluding hydrogens is 210 g/mol. The molecule has 0 bridgehead atoms. The number of aromatic amines is 1. The number of H-pyrrole nitrogens is 1. The molecule has 0 spiro atoms. The van der Waals surface area contributed by atoms with Gasteiger partial charge in [0.1, 0.15) is 0 Å². The van der Waals surface area contributed by atoms with E-state index in [2.05, 4.69) is 36.2 Å². The Bertz CT molecular complexity index is 537. The third-order valence-corrected chi connectivity index (χ3v) is 3.77. The maximum Gasteiger partial charge on any atom is 0.0528 e. The van der Waals surface area contributed by atoms with Crippen molar-refractivity contribution < 1.29 is 0 Å². The van der Waals surface area contributed by atoms with Crippen molar-refractivity contribution in [1.29, 1.82) is 0 Å². The standard InChI is InChI=1S/C14H17N3/c1-14(2)7-11(12-8-16-17-13(12)14)9-3-5-10(15)6-4-9/h3-6,8,11H,7,15H2,1-2H3,(H,16,17). The van der Waals surface area contributed by atoms with E-state index in [1.54, 1.807) is 0 Å². The Morgan fingerprint density at radius 1 is 1.29 bits per heavy atom. The molecule has 0 saturated heterocycles. The third kappa shape index (κ3) is 1.54. The van der Waals surface area contributed by atoms with Crippen LogP contribution in [0.15, 0.2) is 30.5 Å². The molecule has 1 aliphatic rings. The van der Waals surface area contributed by atoms with Gasteiger partial charge in [-0.25, -0.2) is 0 Å². The lowest BCUT2D eigenvalue weighted by Crippen LogP contribution is -2.14. The molecule has 1 aromatic carbocycles. The number of nitrogen functional groups attached to an aromatic ring is 1. The maximum absolute atomic E-state index is 5.73. The first-order valence-electron chi connectivity index (χ1n) is 5.97. The van der Waals surface area contributed by atoms with E-state index >= 15 is 0 Å². The molecule has 88 valence electrons. The summed E-state index contributed by atoms with van der Waals surface area (Å²) in [5.74, 6) is 0.444.